The number of likely N-dealkylation sites (N-methyl/N-ethyl adjacent to an activating group) is 1. The molecular weight excluding hydrogens is 248 g/mol. The van der Waals surface area contributed by atoms with E-state index in [1.54, 1.807) is 11.2 Å². The monoisotopic (exact) mass is 268 g/mol. The van der Waals surface area contributed by atoms with Gasteiger partial charge in [-0.3, -0.25) is 0 Å². The topological polar surface area (TPSA) is 40.6 Å². The van der Waals surface area contributed by atoms with E-state index in [0.29, 0.717) is 6.54 Å². The normalized spacial score (nSPS) is 25.2. The van der Waals surface area contributed by atoms with E-state index in [2.05, 4.69) is 0 Å². The van der Waals surface area contributed by atoms with Crippen LogP contribution in [-0.4, -0.2) is 62.0 Å². The Hall–Kier alpha value is 0.160. The van der Waals surface area contributed by atoms with Gasteiger partial charge in [0.2, 0.25) is 10.0 Å². The number of sulfonamides is 1. The lowest BCUT2D eigenvalue weighted by atomic mass is 10.2. The summed E-state index contributed by atoms with van der Waals surface area (Å²) < 4.78 is 26.0. The van der Waals surface area contributed by atoms with Crippen LogP contribution in [0.1, 0.15) is 19.8 Å². The van der Waals surface area contributed by atoms with Crippen molar-refractivity contribution in [1.29, 1.82) is 0 Å². The van der Waals surface area contributed by atoms with Crippen LogP contribution in [0.2, 0.25) is 0 Å². The standard InChI is InChI=1S/C10H21ClN2O2S/c1-9(7-11)16(14,15)13-6-4-5-10(13)8-12(2)3/h9-10H,4-8H2,1-3H3. The molecule has 2 atom stereocenters. The van der Waals surface area contributed by atoms with Gasteiger partial charge in [0.05, 0.1) is 5.25 Å². The van der Waals surface area contributed by atoms with E-state index in [1.807, 2.05) is 19.0 Å². The fourth-order valence-electron chi connectivity index (χ4n) is 2.06. The number of hydrogen-bond donors (Lipinski definition) is 0. The van der Waals surface area contributed by atoms with E-state index in [9.17, 15) is 8.42 Å². The summed E-state index contributed by atoms with van der Waals surface area (Å²) in [5.41, 5.74) is 0. The molecule has 1 aliphatic heterocycles. The first-order valence-corrected chi connectivity index (χ1v) is 7.64. The average molecular weight is 269 g/mol. The summed E-state index contributed by atoms with van der Waals surface area (Å²) in [5, 5.41) is -0.489. The van der Waals surface area contributed by atoms with Crippen LogP contribution in [0.4, 0.5) is 0 Å². The first-order chi connectivity index (χ1) is 7.39. The van der Waals surface area contributed by atoms with Crippen LogP contribution in [0, 0.1) is 0 Å². The molecule has 4 nitrogen and oxygen atoms in total. The van der Waals surface area contributed by atoms with Crippen molar-refractivity contribution in [2.24, 2.45) is 0 Å². The lowest BCUT2D eigenvalue weighted by Crippen LogP contribution is -2.45. The molecule has 0 aliphatic carbocycles. The van der Waals surface area contributed by atoms with Gasteiger partial charge >= 0.3 is 0 Å². The zero-order chi connectivity index (χ0) is 12.3. The van der Waals surface area contributed by atoms with Crippen molar-refractivity contribution in [3.8, 4) is 0 Å². The van der Waals surface area contributed by atoms with E-state index in [-0.39, 0.29) is 11.9 Å². The predicted molar refractivity (Wildman–Crippen MR) is 67.4 cm³/mol. The second-order valence-electron chi connectivity index (χ2n) is 4.68. The fourth-order valence-corrected chi connectivity index (χ4v) is 4.13. The van der Waals surface area contributed by atoms with Crippen molar-refractivity contribution >= 4 is 21.6 Å². The van der Waals surface area contributed by atoms with Gasteiger partial charge in [-0.1, -0.05) is 0 Å². The molecule has 96 valence electrons. The second-order valence-corrected chi connectivity index (χ2v) is 7.29. The Morgan fingerprint density at radius 3 is 2.62 bits per heavy atom. The highest BCUT2D eigenvalue weighted by Gasteiger charge is 2.37. The summed E-state index contributed by atoms with van der Waals surface area (Å²) in [5.74, 6) is 0.160. The van der Waals surface area contributed by atoms with Crippen molar-refractivity contribution in [2.75, 3.05) is 33.1 Å². The summed E-state index contributed by atoms with van der Waals surface area (Å²) in [7, 11) is 0.724. The summed E-state index contributed by atoms with van der Waals surface area (Å²) in [6.45, 7) is 3.10. The number of hydrogen-bond acceptors (Lipinski definition) is 3. The van der Waals surface area contributed by atoms with Crippen LogP contribution in [0.25, 0.3) is 0 Å². The van der Waals surface area contributed by atoms with Crippen molar-refractivity contribution in [2.45, 2.75) is 31.1 Å². The molecule has 0 amide bonds. The highest BCUT2D eigenvalue weighted by atomic mass is 35.5. The molecule has 0 aromatic rings. The van der Waals surface area contributed by atoms with Gasteiger partial charge in [-0.25, -0.2) is 8.42 Å². The summed E-state index contributed by atoms with van der Waals surface area (Å²) in [4.78, 5) is 2.03. The Kier molecular flexibility index (Phi) is 5.04. The maximum Gasteiger partial charge on any atom is 0.218 e. The van der Waals surface area contributed by atoms with E-state index < -0.39 is 15.3 Å². The molecule has 0 aromatic heterocycles. The van der Waals surface area contributed by atoms with Gasteiger partial charge in [0.1, 0.15) is 0 Å². The first kappa shape index (κ1) is 14.2. The highest BCUT2D eigenvalue weighted by Crippen LogP contribution is 2.24. The van der Waals surface area contributed by atoms with Gasteiger partial charge in [-0.2, -0.15) is 4.31 Å². The van der Waals surface area contributed by atoms with E-state index in [1.165, 1.54) is 0 Å². The van der Waals surface area contributed by atoms with Crippen molar-refractivity contribution < 1.29 is 8.42 Å². The van der Waals surface area contributed by atoms with Gasteiger partial charge in [0.15, 0.2) is 0 Å². The van der Waals surface area contributed by atoms with Gasteiger partial charge in [-0.05, 0) is 33.9 Å². The zero-order valence-electron chi connectivity index (χ0n) is 10.2. The maximum atomic E-state index is 12.2. The third-order valence-corrected chi connectivity index (χ3v) is 5.92. The van der Waals surface area contributed by atoms with Gasteiger partial charge < -0.3 is 4.90 Å². The van der Waals surface area contributed by atoms with Gasteiger partial charge in [-0.15, -0.1) is 11.6 Å². The minimum atomic E-state index is -3.21. The average Bonchev–Trinajstić information content (AvgIpc) is 2.64. The molecule has 0 saturated carbocycles. The molecule has 0 aromatic carbocycles. The van der Waals surface area contributed by atoms with Crippen LogP contribution in [0.15, 0.2) is 0 Å². The Balaban J connectivity index is 2.78. The molecule has 1 saturated heterocycles. The molecule has 16 heavy (non-hydrogen) atoms. The minimum Gasteiger partial charge on any atom is -0.308 e. The van der Waals surface area contributed by atoms with Gasteiger partial charge in [0, 0.05) is 25.0 Å². The summed E-state index contributed by atoms with van der Waals surface area (Å²) in [6, 6.07) is 0.116. The Morgan fingerprint density at radius 2 is 2.12 bits per heavy atom. The van der Waals surface area contributed by atoms with Crippen LogP contribution in [-0.2, 0) is 10.0 Å². The Labute approximate surface area is 104 Å². The Bertz CT molecular complexity index is 319. The van der Waals surface area contributed by atoms with Crippen LogP contribution in [0.3, 0.4) is 0 Å². The minimum absolute atomic E-state index is 0.116. The third-order valence-electron chi connectivity index (χ3n) is 2.95. The molecule has 0 bridgehead atoms. The smallest absolute Gasteiger partial charge is 0.218 e. The number of nitrogens with zero attached hydrogens (tertiary/aromatic N) is 2. The third kappa shape index (κ3) is 3.09. The molecule has 1 rings (SSSR count). The van der Waals surface area contributed by atoms with Crippen LogP contribution in [0.5, 0.6) is 0 Å². The summed E-state index contributed by atoms with van der Waals surface area (Å²) >= 11 is 5.65. The molecule has 0 spiro atoms. The van der Waals surface area contributed by atoms with E-state index >= 15 is 0 Å². The molecule has 1 aliphatic rings. The molecule has 1 heterocycles. The highest BCUT2D eigenvalue weighted by molar-refractivity contribution is 7.89. The van der Waals surface area contributed by atoms with Crippen molar-refractivity contribution in [3.05, 3.63) is 0 Å². The molecule has 6 heteroatoms. The molecule has 0 N–H and O–H groups in total. The maximum absolute atomic E-state index is 12.2. The lowest BCUT2D eigenvalue weighted by molar-refractivity contribution is 0.290. The van der Waals surface area contributed by atoms with Crippen molar-refractivity contribution in [3.63, 3.8) is 0 Å². The van der Waals surface area contributed by atoms with Gasteiger partial charge in [0.25, 0.3) is 0 Å². The molecular formula is C10H21ClN2O2S. The summed E-state index contributed by atoms with van der Waals surface area (Å²) in [6.07, 6.45) is 1.90. The first-order valence-electron chi connectivity index (χ1n) is 5.61. The largest absolute Gasteiger partial charge is 0.308 e. The fraction of sp³-hybridized carbons (Fsp3) is 1.00. The number of alkyl halides is 1. The molecule has 0 radical (unpaired) electrons. The predicted octanol–water partition coefficient (Wildman–Crippen LogP) is 0.970. The molecule has 2 unspecified atom stereocenters. The zero-order valence-corrected chi connectivity index (χ0v) is 11.8. The van der Waals surface area contributed by atoms with Crippen molar-refractivity contribution in [1.82, 2.24) is 9.21 Å². The van der Waals surface area contributed by atoms with Crippen LogP contribution >= 0.6 is 11.6 Å². The Morgan fingerprint density at radius 1 is 1.50 bits per heavy atom. The SMILES string of the molecule is CC(CCl)S(=O)(=O)N1CCCC1CN(C)C. The van der Waals surface area contributed by atoms with E-state index in [4.69, 9.17) is 11.6 Å². The van der Waals surface area contributed by atoms with E-state index in [0.717, 1.165) is 19.4 Å². The van der Waals surface area contributed by atoms with Crippen LogP contribution < -0.4 is 0 Å². The quantitative estimate of drug-likeness (QED) is 0.698. The number of rotatable bonds is 5. The second kappa shape index (κ2) is 5.67. The molecule has 1 fully saturated rings. The lowest BCUT2D eigenvalue weighted by Gasteiger charge is -2.28. The number of halogens is 1.